The third-order valence-corrected chi connectivity index (χ3v) is 8.05. The zero-order chi connectivity index (χ0) is 25.5. The summed E-state index contributed by atoms with van der Waals surface area (Å²) in [7, 11) is -2.68. The summed E-state index contributed by atoms with van der Waals surface area (Å²) in [6.07, 6.45) is 0. The van der Waals surface area contributed by atoms with E-state index in [9.17, 15) is 17.6 Å². The number of hydrogen-bond acceptors (Lipinski definition) is 5. The summed E-state index contributed by atoms with van der Waals surface area (Å²) in [5.41, 5.74) is 0.826. The Morgan fingerprint density at radius 3 is 2.19 bits per heavy atom. The number of nitrogens with zero attached hydrogens (tertiary/aromatic N) is 1. The first-order chi connectivity index (χ1) is 17.4. The van der Waals surface area contributed by atoms with Gasteiger partial charge in [-0.3, -0.25) is 9.10 Å². The summed E-state index contributed by atoms with van der Waals surface area (Å²) in [5.74, 6) is -0.554. The van der Waals surface area contributed by atoms with E-state index in [0.717, 1.165) is 26.2 Å². The molecule has 4 aromatic rings. The molecule has 0 spiro atoms. The fourth-order valence-electron chi connectivity index (χ4n) is 3.39. The average molecular weight is 523 g/mol. The van der Waals surface area contributed by atoms with Crippen LogP contribution in [0.1, 0.15) is 0 Å². The van der Waals surface area contributed by atoms with E-state index in [0.29, 0.717) is 11.4 Å². The van der Waals surface area contributed by atoms with Crippen LogP contribution < -0.4 is 14.4 Å². The van der Waals surface area contributed by atoms with Crippen molar-refractivity contribution in [1.82, 2.24) is 0 Å². The van der Waals surface area contributed by atoms with Gasteiger partial charge in [0.05, 0.1) is 23.4 Å². The van der Waals surface area contributed by atoms with E-state index in [-0.39, 0.29) is 10.6 Å². The van der Waals surface area contributed by atoms with Crippen molar-refractivity contribution in [1.29, 1.82) is 0 Å². The van der Waals surface area contributed by atoms with Crippen LogP contribution in [0.3, 0.4) is 0 Å². The summed E-state index contributed by atoms with van der Waals surface area (Å²) in [6.45, 7) is -0.490. The Bertz CT molecular complexity index is 1430. The predicted molar refractivity (Wildman–Crippen MR) is 140 cm³/mol. The average Bonchev–Trinajstić information content (AvgIpc) is 2.89. The fourth-order valence-corrected chi connectivity index (χ4v) is 5.74. The number of ether oxygens (including phenoxy) is 1. The summed E-state index contributed by atoms with van der Waals surface area (Å²) >= 11 is 1.48. The second-order valence-electron chi connectivity index (χ2n) is 7.62. The minimum Gasteiger partial charge on any atom is -0.497 e. The highest BCUT2D eigenvalue weighted by Gasteiger charge is 2.27. The van der Waals surface area contributed by atoms with E-state index in [4.69, 9.17) is 4.74 Å². The molecule has 0 aliphatic heterocycles. The fraction of sp³-hybridized carbons (Fsp3) is 0.0741. The minimum atomic E-state index is -4.18. The molecular formula is C27H23FN2O4S2. The van der Waals surface area contributed by atoms with Crippen molar-refractivity contribution in [3.63, 3.8) is 0 Å². The number of anilines is 2. The number of amides is 1. The van der Waals surface area contributed by atoms with Crippen LogP contribution in [0.4, 0.5) is 15.8 Å². The van der Waals surface area contributed by atoms with Crippen LogP contribution in [-0.2, 0) is 14.8 Å². The standard InChI is InChI=1S/C27H23FN2O4S2/c1-34-22-15-13-21(14-16-22)30(36(32,33)24-17-11-20(28)12-18-24)19-27(31)29-25-9-5-6-10-26(25)35-23-7-3-2-4-8-23/h2-18H,19H2,1H3,(H,29,31). The smallest absolute Gasteiger partial charge is 0.264 e. The van der Waals surface area contributed by atoms with Gasteiger partial charge in [-0.15, -0.1) is 0 Å². The van der Waals surface area contributed by atoms with Crippen LogP contribution in [-0.4, -0.2) is 28.0 Å². The van der Waals surface area contributed by atoms with Crippen molar-refractivity contribution < 1.29 is 22.3 Å². The zero-order valence-corrected chi connectivity index (χ0v) is 20.9. The molecule has 0 atom stereocenters. The second-order valence-corrected chi connectivity index (χ2v) is 10.6. The number of methoxy groups -OCH3 is 1. The molecular weight excluding hydrogens is 499 g/mol. The highest BCUT2D eigenvalue weighted by molar-refractivity contribution is 7.99. The van der Waals surface area contributed by atoms with Crippen LogP contribution in [0.15, 0.2) is 118 Å². The van der Waals surface area contributed by atoms with Gasteiger partial charge in [-0.2, -0.15) is 0 Å². The van der Waals surface area contributed by atoms with Gasteiger partial charge in [-0.1, -0.05) is 42.1 Å². The molecule has 0 saturated carbocycles. The van der Waals surface area contributed by atoms with Crippen LogP contribution in [0.2, 0.25) is 0 Å². The number of carbonyl (C=O) groups is 1. The maximum Gasteiger partial charge on any atom is 0.264 e. The lowest BCUT2D eigenvalue weighted by molar-refractivity contribution is -0.114. The van der Waals surface area contributed by atoms with Gasteiger partial charge in [0.1, 0.15) is 18.1 Å². The van der Waals surface area contributed by atoms with Gasteiger partial charge in [0, 0.05) is 9.79 Å². The Labute approximate surface area is 213 Å². The van der Waals surface area contributed by atoms with Crippen LogP contribution in [0.5, 0.6) is 5.75 Å². The maximum absolute atomic E-state index is 13.5. The van der Waals surface area contributed by atoms with Crippen LogP contribution in [0.25, 0.3) is 0 Å². The molecule has 0 unspecified atom stereocenters. The lowest BCUT2D eigenvalue weighted by Crippen LogP contribution is -2.38. The molecule has 36 heavy (non-hydrogen) atoms. The topological polar surface area (TPSA) is 75.7 Å². The van der Waals surface area contributed by atoms with Gasteiger partial charge in [0.15, 0.2) is 0 Å². The largest absolute Gasteiger partial charge is 0.497 e. The molecule has 1 N–H and O–H groups in total. The van der Waals surface area contributed by atoms with E-state index < -0.39 is 28.3 Å². The maximum atomic E-state index is 13.5. The van der Waals surface area contributed by atoms with Gasteiger partial charge in [0.25, 0.3) is 10.0 Å². The monoisotopic (exact) mass is 522 g/mol. The van der Waals surface area contributed by atoms with Crippen molar-refractivity contribution in [2.45, 2.75) is 14.7 Å². The third kappa shape index (κ3) is 6.05. The second kappa shape index (κ2) is 11.3. The molecule has 0 aliphatic rings. The zero-order valence-electron chi connectivity index (χ0n) is 19.3. The number of hydrogen-bond donors (Lipinski definition) is 1. The number of carbonyl (C=O) groups excluding carboxylic acids is 1. The van der Waals surface area contributed by atoms with Crippen molar-refractivity contribution in [3.05, 3.63) is 109 Å². The van der Waals surface area contributed by atoms with Crippen LogP contribution >= 0.6 is 11.8 Å². The molecule has 9 heteroatoms. The highest BCUT2D eigenvalue weighted by Crippen LogP contribution is 2.33. The summed E-state index contributed by atoms with van der Waals surface area (Å²) in [6, 6.07) is 27.8. The lowest BCUT2D eigenvalue weighted by atomic mass is 10.3. The Hall–Kier alpha value is -3.82. The first kappa shape index (κ1) is 25.3. The molecule has 6 nitrogen and oxygen atoms in total. The van der Waals surface area contributed by atoms with E-state index >= 15 is 0 Å². The molecule has 4 rings (SSSR count). The van der Waals surface area contributed by atoms with Gasteiger partial charge in [-0.25, -0.2) is 12.8 Å². The first-order valence-electron chi connectivity index (χ1n) is 10.9. The summed E-state index contributed by atoms with van der Waals surface area (Å²) in [5, 5.41) is 2.84. The molecule has 0 heterocycles. The van der Waals surface area contributed by atoms with E-state index in [1.165, 1.54) is 31.0 Å². The van der Waals surface area contributed by atoms with Gasteiger partial charge in [-0.05, 0) is 72.8 Å². The highest BCUT2D eigenvalue weighted by atomic mass is 32.2. The van der Waals surface area contributed by atoms with Crippen molar-refractivity contribution >= 4 is 39.1 Å². The number of rotatable bonds is 9. The Balaban J connectivity index is 1.62. The van der Waals surface area contributed by atoms with Crippen molar-refractivity contribution in [2.24, 2.45) is 0 Å². The van der Waals surface area contributed by atoms with Gasteiger partial charge >= 0.3 is 0 Å². The Morgan fingerprint density at radius 1 is 0.889 bits per heavy atom. The number of benzene rings is 4. The number of sulfonamides is 1. The minimum absolute atomic E-state index is 0.132. The van der Waals surface area contributed by atoms with E-state index in [1.54, 1.807) is 36.4 Å². The quantitative estimate of drug-likeness (QED) is 0.300. The molecule has 4 aromatic carbocycles. The molecule has 1 amide bonds. The molecule has 184 valence electrons. The normalized spacial score (nSPS) is 11.1. The molecule has 0 bridgehead atoms. The van der Waals surface area contributed by atoms with Crippen LogP contribution in [0, 0.1) is 5.82 Å². The first-order valence-corrected chi connectivity index (χ1v) is 13.2. The number of halogens is 1. The number of nitrogens with one attached hydrogen (secondary N) is 1. The molecule has 0 fully saturated rings. The van der Waals surface area contributed by atoms with Crippen molar-refractivity contribution in [2.75, 3.05) is 23.3 Å². The SMILES string of the molecule is COc1ccc(N(CC(=O)Nc2ccccc2Sc2ccccc2)S(=O)(=O)c2ccc(F)cc2)cc1. The molecule has 0 radical (unpaired) electrons. The van der Waals surface area contributed by atoms with E-state index in [2.05, 4.69) is 5.32 Å². The van der Waals surface area contributed by atoms with Gasteiger partial charge in [0.2, 0.25) is 5.91 Å². The van der Waals surface area contributed by atoms with E-state index in [1.807, 2.05) is 42.5 Å². The summed E-state index contributed by atoms with van der Waals surface area (Å²) in [4.78, 5) is 14.8. The molecule has 0 saturated heterocycles. The van der Waals surface area contributed by atoms with Gasteiger partial charge < -0.3 is 10.1 Å². The van der Waals surface area contributed by atoms with Crippen molar-refractivity contribution in [3.8, 4) is 5.75 Å². The molecule has 0 aromatic heterocycles. The lowest BCUT2D eigenvalue weighted by Gasteiger charge is -2.24. The number of para-hydroxylation sites is 1. The summed E-state index contributed by atoms with van der Waals surface area (Å²) < 4.78 is 46.6. The molecule has 0 aliphatic carbocycles. The predicted octanol–water partition coefficient (Wildman–Crippen LogP) is 5.82. The Morgan fingerprint density at radius 2 is 1.53 bits per heavy atom. The Kier molecular flexibility index (Phi) is 7.92. The third-order valence-electron chi connectivity index (χ3n) is 5.18.